The number of carbonyl (C=O) groups excluding carboxylic acids is 1. The van der Waals surface area contributed by atoms with Gasteiger partial charge in [0.05, 0.1) is 6.04 Å². The van der Waals surface area contributed by atoms with Gasteiger partial charge in [-0.15, -0.1) is 0 Å². The summed E-state index contributed by atoms with van der Waals surface area (Å²) in [6.45, 7) is 2.83. The van der Waals surface area contributed by atoms with Crippen LogP contribution in [-0.2, 0) is 21.4 Å². The quantitative estimate of drug-likeness (QED) is 0.362. The Morgan fingerprint density at radius 2 is 1.86 bits per heavy atom. The summed E-state index contributed by atoms with van der Waals surface area (Å²) in [7, 11) is -3.82. The molecule has 0 bridgehead atoms. The molecule has 0 aliphatic carbocycles. The van der Waals surface area contributed by atoms with Crippen molar-refractivity contribution < 1.29 is 22.0 Å². The second-order valence-corrected chi connectivity index (χ2v) is 10.5. The Labute approximate surface area is 202 Å². The Morgan fingerprint density at radius 1 is 1.20 bits per heavy atom. The monoisotopic (exact) mass is 506 g/mol. The average molecular weight is 507 g/mol. The number of halogens is 2. The third-order valence-corrected chi connectivity index (χ3v) is 8.35. The molecule has 1 unspecified atom stereocenters. The number of guanidine groups is 1. The van der Waals surface area contributed by atoms with E-state index < -0.39 is 50.7 Å². The van der Waals surface area contributed by atoms with E-state index in [4.69, 9.17) is 16.9 Å². The summed E-state index contributed by atoms with van der Waals surface area (Å²) in [5, 5.41) is 8.63. The summed E-state index contributed by atoms with van der Waals surface area (Å²) in [6, 6.07) is 9.30. The number of nitrogens with zero attached hydrogens (tertiary/aromatic N) is 2. The third kappa shape index (κ3) is 5.82. The van der Waals surface area contributed by atoms with Crippen LogP contribution >= 0.6 is 0 Å². The van der Waals surface area contributed by atoms with Gasteiger partial charge in [-0.2, -0.15) is 9.30 Å². The van der Waals surface area contributed by atoms with Gasteiger partial charge < -0.3 is 16.8 Å². The van der Waals surface area contributed by atoms with Gasteiger partial charge in [0.25, 0.3) is 5.91 Å². The number of amidine groups is 1. The minimum absolute atomic E-state index is 0.119. The van der Waals surface area contributed by atoms with E-state index in [9.17, 15) is 17.6 Å². The molecule has 1 aliphatic heterocycles. The van der Waals surface area contributed by atoms with E-state index in [1.165, 1.54) is 11.2 Å². The highest BCUT2D eigenvalue weighted by Crippen LogP contribution is 2.38. The maximum atomic E-state index is 15.0. The van der Waals surface area contributed by atoms with E-state index in [-0.39, 0.29) is 23.7 Å². The molecule has 35 heavy (non-hydrogen) atoms. The van der Waals surface area contributed by atoms with Gasteiger partial charge in [0.1, 0.15) is 16.9 Å². The van der Waals surface area contributed by atoms with E-state index in [0.29, 0.717) is 18.4 Å². The number of hydrogen-bond donors (Lipinski definition) is 4. The topological polar surface area (TPSA) is 155 Å². The summed E-state index contributed by atoms with van der Waals surface area (Å²) < 4.78 is 57.9. The summed E-state index contributed by atoms with van der Waals surface area (Å²) in [6.07, 6.45) is 1.01. The molecule has 188 valence electrons. The minimum Gasteiger partial charge on any atom is -0.379 e. The fourth-order valence-electron chi connectivity index (χ4n) is 4.11. The van der Waals surface area contributed by atoms with Crippen molar-refractivity contribution in [1.29, 1.82) is 5.41 Å². The van der Waals surface area contributed by atoms with E-state index >= 15 is 4.39 Å². The third-order valence-electron chi connectivity index (χ3n) is 5.98. The van der Waals surface area contributed by atoms with Gasteiger partial charge >= 0.3 is 0 Å². The molecule has 3 rings (SSSR count). The lowest BCUT2D eigenvalue weighted by Gasteiger charge is -2.37. The number of rotatable bonds is 5. The normalized spacial score (nSPS) is 21.3. The number of nitrogens with two attached hydrogens (primary N) is 2. The molecule has 2 aromatic carbocycles. The SMILES string of the molecule is CC(NC(=O)/C(N)=N/C(=N)N)c1cc(F)c(CN2[C@@H](C)CC[C@H](c3ccccc3)S2(=O)=O)cc1F. The molecule has 12 heteroatoms. The van der Waals surface area contributed by atoms with Crippen LogP contribution in [0.5, 0.6) is 0 Å². The number of benzene rings is 2. The summed E-state index contributed by atoms with van der Waals surface area (Å²) in [5.74, 6) is -3.81. The Hall–Kier alpha value is -3.38. The molecule has 0 radical (unpaired) electrons. The zero-order chi connectivity index (χ0) is 25.9. The molecule has 6 N–H and O–H groups in total. The Bertz CT molecular complexity index is 1250. The van der Waals surface area contributed by atoms with Crippen LogP contribution in [0, 0.1) is 17.0 Å². The lowest BCUT2D eigenvalue weighted by Crippen LogP contribution is -2.44. The van der Waals surface area contributed by atoms with Crippen LogP contribution in [0.4, 0.5) is 8.78 Å². The van der Waals surface area contributed by atoms with E-state index in [0.717, 1.165) is 12.1 Å². The van der Waals surface area contributed by atoms with Gasteiger partial charge in [0.2, 0.25) is 16.0 Å². The number of nitrogens with one attached hydrogen (secondary N) is 2. The van der Waals surface area contributed by atoms with Crippen molar-refractivity contribution in [2.24, 2.45) is 16.5 Å². The van der Waals surface area contributed by atoms with E-state index in [1.54, 1.807) is 37.3 Å². The molecule has 9 nitrogen and oxygen atoms in total. The first kappa shape index (κ1) is 26.2. The van der Waals surface area contributed by atoms with Crippen molar-refractivity contribution in [3.63, 3.8) is 0 Å². The maximum Gasteiger partial charge on any atom is 0.287 e. The average Bonchev–Trinajstić information content (AvgIpc) is 2.78. The first-order valence-corrected chi connectivity index (χ1v) is 12.4. The molecule has 0 spiro atoms. The standard InChI is InChI=1S/C23H28F2N6O3S/c1-13-8-9-20(15-6-4-3-5-7-15)35(33,34)31(13)12-16-10-19(25)17(11-18(16)24)14(2)29-22(32)21(26)30-23(27)28/h3-7,10-11,13-14,20H,8-9,12H2,1-2H3,(H,29,32)(H5,26,27,28,30)/t13-,14?,20+/m0/s1. The van der Waals surface area contributed by atoms with Crippen molar-refractivity contribution >= 4 is 27.7 Å². The number of aliphatic imine (C=N–C) groups is 1. The summed E-state index contributed by atoms with van der Waals surface area (Å²) in [4.78, 5) is 15.3. The second kappa shape index (κ2) is 10.5. The Kier molecular flexibility index (Phi) is 7.86. The number of hydrogen-bond acceptors (Lipinski definition) is 4. The second-order valence-electron chi connectivity index (χ2n) is 8.46. The van der Waals surface area contributed by atoms with Crippen molar-refractivity contribution in [1.82, 2.24) is 9.62 Å². The van der Waals surface area contributed by atoms with E-state index in [1.807, 2.05) is 0 Å². The van der Waals surface area contributed by atoms with Gasteiger partial charge in [0, 0.05) is 23.7 Å². The molecule has 2 aromatic rings. The zero-order valence-corrected chi connectivity index (χ0v) is 20.1. The van der Waals surface area contributed by atoms with Crippen molar-refractivity contribution in [3.05, 3.63) is 70.8 Å². The summed E-state index contributed by atoms with van der Waals surface area (Å²) in [5.41, 5.74) is 10.9. The zero-order valence-electron chi connectivity index (χ0n) is 19.3. The molecule has 1 amide bonds. The van der Waals surface area contributed by atoms with Gasteiger partial charge in [-0.1, -0.05) is 30.3 Å². The highest BCUT2D eigenvalue weighted by Gasteiger charge is 2.40. The van der Waals surface area contributed by atoms with Gasteiger partial charge in [-0.25, -0.2) is 17.2 Å². The fourth-order valence-corrected chi connectivity index (χ4v) is 6.29. The van der Waals surface area contributed by atoms with Crippen LogP contribution in [-0.4, -0.2) is 36.5 Å². The Morgan fingerprint density at radius 3 is 2.49 bits per heavy atom. The van der Waals surface area contributed by atoms with Crippen LogP contribution in [0.1, 0.15) is 54.7 Å². The first-order valence-electron chi connectivity index (χ1n) is 10.9. The molecule has 0 aromatic heterocycles. The molecular weight excluding hydrogens is 478 g/mol. The van der Waals surface area contributed by atoms with Crippen molar-refractivity contribution in [2.75, 3.05) is 0 Å². The van der Waals surface area contributed by atoms with Crippen LogP contribution in [0.2, 0.25) is 0 Å². The minimum atomic E-state index is -3.82. The predicted molar refractivity (Wildman–Crippen MR) is 129 cm³/mol. The molecule has 3 atom stereocenters. The maximum absolute atomic E-state index is 15.0. The molecule has 1 heterocycles. The predicted octanol–water partition coefficient (Wildman–Crippen LogP) is 2.45. The molecule has 1 fully saturated rings. The highest BCUT2D eigenvalue weighted by molar-refractivity contribution is 7.89. The highest BCUT2D eigenvalue weighted by atomic mass is 32.2. The van der Waals surface area contributed by atoms with Crippen molar-refractivity contribution in [2.45, 2.75) is 50.6 Å². The lowest BCUT2D eigenvalue weighted by molar-refractivity contribution is -0.115. The molecule has 1 saturated heterocycles. The van der Waals surface area contributed by atoms with Gasteiger partial charge in [-0.05, 0) is 44.4 Å². The largest absolute Gasteiger partial charge is 0.379 e. The lowest BCUT2D eigenvalue weighted by atomic mass is 10.0. The van der Waals surface area contributed by atoms with Crippen LogP contribution in [0.25, 0.3) is 0 Å². The Balaban J connectivity index is 1.84. The number of carbonyl (C=O) groups is 1. The first-order chi connectivity index (χ1) is 16.4. The van der Waals surface area contributed by atoms with Crippen LogP contribution < -0.4 is 16.8 Å². The van der Waals surface area contributed by atoms with Crippen LogP contribution in [0.3, 0.4) is 0 Å². The van der Waals surface area contributed by atoms with Gasteiger partial charge in [0.15, 0.2) is 5.84 Å². The number of sulfonamides is 1. The molecule has 0 saturated carbocycles. The fraction of sp³-hybridized carbons (Fsp3) is 0.348. The van der Waals surface area contributed by atoms with Crippen molar-refractivity contribution in [3.8, 4) is 0 Å². The van der Waals surface area contributed by atoms with Gasteiger partial charge in [-0.3, -0.25) is 10.2 Å². The smallest absolute Gasteiger partial charge is 0.287 e. The summed E-state index contributed by atoms with van der Waals surface area (Å²) >= 11 is 0. The molecular formula is C23H28F2N6O3S. The van der Waals surface area contributed by atoms with Crippen LogP contribution in [0.15, 0.2) is 47.5 Å². The molecule has 1 aliphatic rings. The van der Waals surface area contributed by atoms with E-state index in [2.05, 4.69) is 10.3 Å². The number of amides is 1.